The molecule has 0 aliphatic carbocycles. The third-order valence-corrected chi connectivity index (χ3v) is 3.63. The first-order valence-electron chi connectivity index (χ1n) is 6.33. The minimum Gasteiger partial charge on any atom is -0.317 e. The van der Waals surface area contributed by atoms with E-state index in [1.165, 1.54) is 6.07 Å². The van der Waals surface area contributed by atoms with Crippen LogP contribution in [0.3, 0.4) is 0 Å². The van der Waals surface area contributed by atoms with Crippen LogP contribution in [0, 0.1) is 0 Å². The van der Waals surface area contributed by atoms with Gasteiger partial charge < -0.3 is 4.66 Å². The fourth-order valence-electron chi connectivity index (χ4n) is 1.96. The lowest BCUT2D eigenvalue weighted by atomic mass is 10.0. The van der Waals surface area contributed by atoms with Gasteiger partial charge in [0.2, 0.25) is 0 Å². The Bertz CT molecular complexity index is 654. The fraction of sp³-hybridized carbons (Fsp3) is 0.267. The Morgan fingerprint density at radius 3 is 2.10 bits per heavy atom. The first kappa shape index (κ1) is 14.8. The van der Waals surface area contributed by atoms with E-state index in [1.54, 1.807) is 37.8 Å². The molecule has 0 radical (unpaired) electrons. The van der Waals surface area contributed by atoms with E-state index in [9.17, 15) is 13.2 Å². The molecule has 0 N–H and O–H groups in total. The lowest BCUT2D eigenvalue weighted by molar-refractivity contribution is -0.0579. The zero-order chi connectivity index (χ0) is 15.0. The maximum atomic E-state index is 13.2. The van der Waals surface area contributed by atoms with Crippen molar-refractivity contribution in [3.63, 3.8) is 0 Å². The van der Waals surface area contributed by atoms with Crippen molar-refractivity contribution in [1.29, 1.82) is 0 Å². The van der Waals surface area contributed by atoms with Crippen molar-refractivity contribution < 1.29 is 13.2 Å². The second-order valence-corrected chi connectivity index (χ2v) is 10.3. The Morgan fingerprint density at radius 2 is 1.55 bits per heavy atom. The number of hydrogen-bond donors (Lipinski definition) is 0. The van der Waals surface area contributed by atoms with Crippen LogP contribution in [0.1, 0.15) is 5.56 Å². The largest absolute Gasteiger partial charge is 0.432 e. The Morgan fingerprint density at radius 1 is 0.950 bits per heavy atom. The van der Waals surface area contributed by atoms with Crippen LogP contribution in [0.25, 0.3) is 10.8 Å². The van der Waals surface area contributed by atoms with E-state index in [4.69, 9.17) is 0 Å². The van der Waals surface area contributed by atoms with Crippen molar-refractivity contribution in [3.05, 3.63) is 48.0 Å². The van der Waals surface area contributed by atoms with Crippen LogP contribution in [0.2, 0.25) is 19.6 Å². The molecule has 20 heavy (non-hydrogen) atoms. The second kappa shape index (κ2) is 5.05. The van der Waals surface area contributed by atoms with Gasteiger partial charge in [-0.3, -0.25) is 0 Å². The van der Waals surface area contributed by atoms with E-state index in [0.29, 0.717) is 0 Å². The quantitative estimate of drug-likeness (QED) is 0.544. The molecule has 2 aromatic rings. The summed E-state index contributed by atoms with van der Waals surface area (Å²) < 4.78 is 43.7. The Labute approximate surface area is 117 Å². The summed E-state index contributed by atoms with van der Waals surface area (Å²) in [5, 5.41) is 1.71. The number of hydrogen-bond acceptors (Lipinski definition) is 1. The smallest absolute Gasteiger partial charge is 0.317 e. The van der Waals surface area contributed by atoms with Gasteiger partial charge in [-0.15, -0.1) is 0 Å². The number of rotatable bonds is 2. The van der Waals surface area contributed by atoms with Gasteiger partial charge >= 0.3 is 6.18 Å². The molecule has 0 fully saturated rings. The molecule has 0 saturated carbocycles. The SMILES string of the molecule is C[Si](C)(C)N=C(c1ccc2ccccc2c1)C(F)(F)F. The van der Waals surface area contributed by atoms with Gasteiger partial charge in [-0.05, 0) is 36.5 Å². The van der Waals surface area contributed by atoms with Crippen LogP contribution < -0.4 is 0 Å². The second-order valence-electron chi connectivity index (χ2n) is 5.69. The van der Waals surface area contributed by atoms with E-state index in [2.05, 4.69) is 4.66 Å². The Balaban J connectivity index is 2.60. The summed E-state index contributed by atoms with van der Waals surface area (Å²) in [6, 6.07) is 12.1. The standard InChI is InChI=1S/C15H16F3NSi/c1-20(2,3)19-14(15(16,17)18)13-9-8-11-6-4-5-7-12(11)10-13/h4-10H,1-3H3. The van der Waals surface area contributed by atoms with Gasteiger partial charge in [0.1, 0.15) is 5.71 Å². The van der Waals surface area contributed by atoms with E-state index >= 15 is 0 Å². The van der Waals surface area contributed by atoms with Gasteiger partial charge in [-0.2, -0.15) is 13.2 Å². The van der Waals surface area contributed by atoms with Gasteiger partial charge in [0.05, 0.1) is 0 Å². The summed E-state index contributed by atoms with van der Waals surface area (Å²) in [6.45, 7) is 5.37. The molecule has 0 aliphatic heterocycles. The highest BCUT2D eigenvalue weighted by Crippen LogP contribution is 2.26. The monoisotopic (exact) mass is 295 g/mol. The topological polar surface area (TPSA) is 12.4 Å². The maximum Gasteiger partial charge on any atom is 0.432 e. The number of benzene rings is 2. The van der Waals surface area contributed by atoms with Crippen molar-refractivity contribution >= 4 is 24.7 Å². The highest BCUT2D eigenvalue weighted by molar-refractivity contribution is 6.75. The van der Waals surface area contributed by atoms with Crippen LogP contribution in [0.15, 0.2) is 47.1 Å². The van der Waals surface area contributed by atoms with Crippen LogP contribution in [-0.4, -0.2) is 20.1 Å². The molecule has 0 spiro atoms. The molecule has 0 amide bonds. The molecule has 0 atom stereocenters. The van der Waals surface area contributed by atoms with Gasteiger partial charge in [0, 0.05) is 5.56 Å². The van der Waals surface area contributed by atoms with E-state index < -0.39 is 20.1 Å². The fourth-order valence-corrected chi connectivity index (χ4v) is 2.89. The average molecular weight is 295 g/mol. The third kappa shape index (κ3) is 3.48. The summed E-state index contributed by atoms with van der Waals surface area (Å²) >= 11 is 0. The summed E-state index contributed by atoms with van der Waals surface area (Å²) in [5.74, 6) is 0. The van der Waals surface area contributed by atoms with Gasteiger partial charge in [-0.25, -0.2) is 0 Å². The highest BCUT2D eigenvalue weighted by atomic mass is 28.3. The van der Waals surface area contributed by atoms with Crippen molar-refractivity contribution in [2.24, 2.45) is 4.66 Å². The molecular formula is C15H16F3NSi. The Kier molecular flexibility index (Phi) is 3.73. The van der Waals surface area contributed by atoms with Gasteiger partial charge in [-0.1, -0.05) is 36.4 Å². The molecule has 0 unspecified atom stereocenters. The zero-order valence-electron chi connectivity index (χ0n) is 11.6. The van der Waals surface area contributed by atoms with Crippen molar-refractivity contribution in [2.45, 2.75) is 25.8 Å². The number of halogens is 3. The number of alkyl halides is 3. The first-order chi connectivity index (χ1) is 9.17. The van der Waals surface area contributed by atoms with Crippen molar-refractivity contribution in [1.82, 2.24) is 0 Å². The molecule has 0 heterocycles. The van der Waals surface area contributed by atoms with Crippen LogP contribution in [0.5, 0.6) is 0 Å². The zero-order valence-corrected chi connectivity index (χ0v) is 12.6. The van der Waals surface area contributed by atoms with Crippen molar-refractivity contribution in [3.8, 4) is 0 Å². The van der Waals surface area contributed by atoms with Crippen LogP contribution in [0.4, 0.5) is 13.2 Å². The molecule has 106 valence electrons. The third-order valence-electron chi connectivity index (χ3n) is 2.74. The molecule has 0 aliphatic rings. The number of fused-ring (bicyclic) bond motifs is 1. The lowest BCUT2D eigenvalue weighted by Crippen LogP contribution is -2.30. The van der Waals surface area contributed by atoms with E-state index in [0.717, 1.165) is 10.8 Å². The molecule has 5 heteroatoms. The summed E-state index contributed by atoms with van der Waals surface area (Å²) in [5.41, 5.74) is -0.624. The average Bonchev–Trinajstić information content (AvgIpc) is 2.33. The molecule has 1 nitrogen and oxygen atoms in total. The van der Waals surface area contributed by atoms with E-state index in [-0.39, 0.29) is 5.56 Å². The molecule has 2 aromatic carbocycles. The minimum absolute atomic E-state index is 0.138. The first-order valence-corrected chi connectivity index (χ1v) is 9.78. The molecule has 0 bridgehead atoms. The lowest BCUT2D eigenvalue weighted by Gasteiger charge is -2.17. The molecule has 2 rings (SSSR count). The predicted molar refractivity (Wildman–Crippen MR) is 79.9 cm³/mol. The van der Waals surface area contributed by atoms with Gasteiger partial charge in [0.25, 0.3) is 0 Å². The predicted octanol–water partition coefficient (Wildman–Crippen LogP) is 5.03. The minimum atomic E-state index is -4.43. The van der Waals surface area contributed by atoms with E-state index in [1.807, 2.05) is 18.2 Å². The van der Waals surface area contributed by atoms with Crippen molar-refractivity contribution in [2.75, 3.05) is 0 Å². The normalized spacial score (nSPS) is 13.8. The van der Waals surface area contributed by atoms with Gasteiger partial charge in [0.15, 0.2) is 8.24 Å². The summed E-state index contributed by atoms with van der Waals surface area (Å²) in [4.78, 5) is 0. The summed E-state index contributed by atoms with van der Waals surface area (Å²) in [7, 11) is -2.21. The number of nitrogens with zero attached hydrogens (tertiary/aromatic N) is 1. The summed E-state index contributed by atoms with van der Waals surface area (Å²) in [6.07, 6.45) is -4.43. The molecule has 0 saturated heterocycles. The van der Waals surface area contributed by atoms with Crippen LogP contribution in [-0.2, 0) is 0 Å². The molecular weight excluding hydrogens is 279 g/mol. The maximum absolute atomic E-state index is 13.2. The molecule has 0 aromatic heterocycles. The van der Waals surface area contributed by atoms with Crippen LogP contribution >= 0.6 is 0 Å². The highest BCUT2D eigenvalue weighted by Gasteiger charge is 2.37. The Hall–Kier alpha value is -1.62.